The molecule has 1 nitrogen and oxygen atoms in total. The van der Waals surface area contributed by atoms with E-state index in [1.54, 1.807) is 5.57 Å². The van der Waals surface area contributed by atoms with Crippen molar-refractivity contribution >= 4 is 6.29 Å². The van der Waals surface area contributed by atoms with E-state index in [0.717, 1.165) is 19.1 Å². The van der Waals surface area contributed by atoms with Crippen molar-refractivity contribution in [1.82, 2.24) is 0 Å². The van der Waals surface area contributed by atoms with Gasteiger partial charge in [0.15, 0.2) is 0 Å². The summed E-state index contributed by atoms with van der Waals surface area (Å²) in [5, 5.41) is 0. The van der Waals surface area contributed by atoms with Crippen molar-refractivity contribution in [1.29, 1.82) is 0 Å². The molecule has 0 amide bonds. The highest BCUT2D eigenvalue weighted by Crippen LogP contribution is 2.26. The zero-order valence-electron chi connectivity index (χ0n) is 8.60. The summed E-state index contributed by atoms with van der Waals surface area (Å²) in [5.74, 6) is 0. The number of carbonyl (C=O) groups excluding carboxylic acids is 1. The molecule has 0 unspecified atom stereocenters. The van der Waals surface area contributed by atoms with Crippen LogP contribution in [-0.4, -0.2) is 6.29 Å². The SMILES string of the molecule is CC1=CC/C(=C(\C)CCC=O)CC1. The molecule has 0 fully saturated rings. The normalized spacial score (nSPS) is 20.9. The van der Waals surface area contributed by atoms with Crippen molar-refractivity contribution < 1.29 is 4.79 Å². The average Bonchev–Trinajstić information content (AvgIpc) is 2.15. The molecule has 0 heterocycles. The lowest BCUT2D eigenvalue weighted by atomic mass is 9.91. The Morgan fingerprint density at radius 1 is 1.54 bits per heavy atom. The fourth-order valence-corrected chi connectivity index (χ4v) is 1.69. The highest BCUT2D eigenvalue weighted by atomic mass is 16.1. The second kappa shape index (κ2) is 5.00. The largest absolute Gasteiger partial charge is 0.303 e. The molecule has 1 rings (SSSR count). The fourth-order valence-electron chi connectivity index (χ4n) is 1.69. The minimum atomic E-state index is 0.679. The highest BCUT2D eigenvalue weighted by Gasteiger charge is 2.06. The molecule has 1 heteroatoms. The summed E-state index contributed by atoms with van der Waals surface area (Å²) in [6, 6.07) is 0. The van der Waals surface area contributed by atoms with Gasteiger partial charge in [-0.15, -0.1) is 0 Å². The molecule has 0 bridgehead atoms. The summed E-state index contributed by atoms with van der Waals surface area (Å²) in [4.78, 5) is 10.2. The van der Waals surface area contributed by atoms with Crippen molar-refractivity contribution in [3.05, 3.63) is 22.8 Å². The van der Waals surface area contributed by atoms with E-state index in [1.165, 1.54) is 24.0 Å². The summed E-state index contributed by atoms with van der Waals surface area (Å²) in [7, 11) is 0. The zero-order chi connectivity index (χ0) is 9.68. The average molecular weight is 178 g/mol. The lowest BCUT2D eigenvalue weighted by molar-refractivity contribution is -0.107. The monoisotopic (exact) mass is 178 g/mol. The van der Waals surface area contributed by atoms with E-state index in [1.807, 2.05) is 0 Å². The molecule has 0 atom stereocenters. The van der Waals surface area contributed by atoms with Crippen molar-refractivity contribution in [2.24, 2.45) is 0 Å². The van der Waals surface area contributed by atoms with Gasteiger partial charge in [-0.2, -0.15) is 0 Å². The molecule has 1 aliphatic carbocycles. The molecule has 0 aromatic heterocycles. The number of aldehydes is 1. The van der Waals surface area contributed by atoms with Crippen LogP contribution in [0.2, 0.25) is 0 Å². The number of allylic oxidation sites excluding steroid dienone is 4. The Morgan fingerprint density at radius 3 is 2.85 bits per heavy atom. The van der Waals surface area contributed by atoms with Gasteiger partial charge in [-0.25, -0.2) is 0 Å². The van der Waals surface area contributed by atoms with Gasteiger partial charge in [-0.1, -0.05) is 22.8 Å². The number of hydrogen-bond acceptors (Lipinski definition) is 1. The van der Waals surface area contributed by atoms with E-state index in [9.17, 15) is 4.79 Å². The topological polar surface area (TPSA) is 17.1 Å². The zero-order valence-corrected chi connectivity index (χ0v) is 8.60. The highest BCUT2D eigenvalue weighted by molar-refractivity contribution is 5.50. The third-order valence-electron chi connectivity index (χ3n) is 2.76. The van der Waals surface area contributed by atoms with Gasteiger partial charge in [0.05, 0.1) is 0 Å². The van der Waals surface area contributed by atoms with Gasteiger partial charge in [-0.3, -0.25) is 0 Å². The van der Waals surface area contributed by atoms with E-state index in [-0.39, 0.29) is 0 Å². The second-order valence-electron chi connectivity index (χ2n) is 3.84. The molecule has 13 heavy (non-hydrogen) atoms. The molecule has 0 spiro atoms. The number of rotatable bonds is 3. The molecule has 0 aliphatic heterocycles. The first-order chi connectivity index (χ1) is 6.24. The van der Waals surface area contributed by atoms with Crippen LogP contribution in [0.5, 0.6) is 0 Å². The molecule has 0 aromatic carbocycles. The standard InChI is InChI=1S/C12H18O/c1-10-5-7-12(8-6-10)11(2)4-3-9-13/h5,9H,3-4,6-8H2,1-2H3/b12-11-. The lowest BCUT2D eigenvalue weighted by Crippen LogP contribution is -1.96. The Bertz CT molecular complexity index is 246. The molecule has 1 aliphatic rings. The van der Waals surface area contributed by atoms with E-state index in [0.29, 0.717) is 6.42 Å². The number of hydrogen-bond donors (Lipinski definition) is 0. The van der Waals surface area contributed by atoms with Gasteiger partial charge in [0.25, 0.3) is 0 Å². The summed E-state index contributed by atoms with van der Waals surface area (Å²) in [5.41, 5.74) is 4.48. The van der Waals surface area contributed by atoms with E-state index in [4.69, 9.17) is 0 Å². The van der Waals surface area contributed by atoms with Crippen LogP contribution in [-0.2, 0) is 4.79 Å². The third-order valence-corrected chi connectivity index (χ3v) is 2.76. The van der Waals surface area contributed by atoms with Gasteiger partial charge < -0.3 is 4.79 Å². The molecule has 0 saturated carbocycles. The van der Waals surface area contributed by atoms with Crippen molar-refractivity contribution in [3.63, 3.8) is 0 Å². The maximum Gasteiger partial charge on any atom is 0.120 e. The van der Waals surface area contributed by atoms with Gasteiger partial charge in [0.2, 0.25) is 0 Å². The fraction of sp³-hybridized carbons (Fsp3) is 0.583. The Morgan fingerprint density at radius 2 is 2.31 bits per heavy atom. The van der Waals surface area contributed by atoms with Crippen LogP contribution >= 0.6 is 0 Å². The summed E-state index contributed by atoms with van der Waals surface area (Å²) in [6.07, 6.45) is 8.46. The number of carbonyl (C=O) groups is 1. The van der Waals surface area contributed by atoms with Crippen LogP contribution < -0.4 is 0 Å². The Balaban J connectivity index is 2.54. The van der Waals surface area contributed by atoms with Crippen LogP contribution in [0.3, 0.4) is 0 Å². The van der Waals surface area contributed by atoms with Gasteiger partial charge in [0, 0.05) is 6.42 Å². The predicted molar refractivity (Wildman–Crippen MR) is 55.6 cm³/mol. The third kappa shape index (κ3) is 3.17. The van der Waals surface area contributed by atoms with Crippen molar-refractivity contribution in [2.45, 2.75) is 46.0 Å². The molecule has 0 saturated heterocycles. The Hall–Kier alpha value is -0.850. The van der Waals surface area contributed by atoms with Crippen LogP contribution in [0.25, 0.3) is 0 Å². The summed E-state index contributed by atoms with van der Waals surface area (Å²) < 4.78 is 0. The maximum absolute atomic E-state index is 10.2. The van der Waals surface area contributed by atoms with Gasteiger partial charge in [0.1, 0.15) is 6.29 Å². The van der Waals surface area contributed by atoms with Gasteiger partial charge >= 0.3 is 0 Å². The van der Waals surface area contributed by atoms with Crippen molar-refractivity contribution in [2.75, 3.05) is 0 Å². The smallest absolute Gasteiger partial charge is 0.120 e. The predicted octanol–water partition coefficient (Wildman–Crippen LogP) is 3.41. The second-order valence-corrected chi connectivity index (χ2v) is 3.84. The van der Waals surface area contributed by atoms with E-state index in [2.05, 4.69) is 19.9 Å². The first-order valence-electron chi connectivity index (χ1n) is 5.01. The quantitative estimate of drug-likeness (QED) is 0.478. The Labute approximate surface area is 80.5 Å². The van der Waals surface area contributed by atoms with Gasteiger partial charge in [-0.05, 0) is 39.5 Å². The van der Waals surface area contributed by atoms with Crippen molar-refractivity contribution in [3.8, 4) is 0 Å². The molecular formula is C12H18O. The summed E-state index contributed by atoms with van der Waals surface area (Å²) in [6.45, 7) is 4.35. The molecule has 0 N–H and O–H groups in total. The first-order valence-corrected chi connectivity index (χ1v) is 5.01. The summed E-state index contributed by atoms with van der Waals surface area (Å²) >= 11 is 0. The molecule has 72 valence electrons. The molecular weight excluding hydrogens is 160 g/mol. The maximum atomic E-state index is 10.2. The minimum Gasteiger partial charge on any atom is -0.303 e. The molecule has 0 aromatic rings. The van der Waals surface area contributed by atoms with Crippen LogP contribution in [0.1, 0.15) is 46.0 Å². The van der Waals surface area contributed by atoms with E-state index < -0.39 is 0 Å². The van der Waals surface area contributed by atoms with E-state index >= 15 is 0 Å². The van der Waals surface area contributed by atoms with Crippen LogP contribution in [0, 0.1) is 0 Å². The van der Waals surface area contributed by atoms with Crippen LogP contribution in [0.15, 0.2) is 22.8 Å². The Kier molecular flexibility index (Phi) is 3.94. The first kappa shape index (κ1) is 10.2. The van der Waals surface area contributed by atoms with Crippen LogP contribution in [0.4, 0.5) is 0 Å². The minimum absolute atomic E-state index is 0.679. The molecule has 0 radical (unpaired) electrons. The lowest BCUT2D eigenvalue weighted by Gasteiger charge is -2.15.